The van der Waals surface area contributed by atoms with Crippen LogP contribution in [0.2, 0.25) is 0 Å². The number of rotatable bonds is 5. The van der Waals surface area contributed by atoms with Crippen LogP contribution in [0, 0.1) is 0 Å². The van der Waals surface area contributed by atoms with E-state index < -0.39 is 12.2 Å². The van der Waals surface area contributed by atoms with Crippen molar-refractivity contribution in [3.05, 3.63) is 29.8 Å². The van der Waals surface area contributed by atoms with Crippen molar-refractivity contribution in [2.75, 3.05) is 12.8 Å². The van der Waals surface area contributed by atoms with Crippen molar-refractivity contribution in [3.63, 3.8) is 0 Å². The summed E-state index contributed by atoms with van der Waals surface area (Å²) in [6.45, 7) is 1.41. The Kier molecular flexibility index (Phi) is 5.47. The standard InChI is InChI=1S/C12H17NO3S/c1-8(14)13-7-11(15)12(16)9-4-3-5-10(6-9)17-2/h3-6,11-12,15-16H,7H2,1-2H3,(H,13,14). The first-order valence-electron chi connectivity index (χ1n) is 5.29. The molecule has 0 heterocycles. The molecule has 94 valence electrons. The monoisotopic (exact) mass is 255 g/mol. The maximum absolute atomic E-state index is 10.7. The molecule has 0 aliphatic heterocycles. The summed E-state index contributed by atoms with van der Waals surface area (Å²) in [7, 11) is 0. The molecule has 3 N–H and O–H groups in total. The molecule has 1 amide bonds. The number of hydrogen-bond donors (Lipinski definition) is 3. The lowest BCUT2D eigenvalue weighted by molar-refractivity contribution is -0.119. The molecule has 0 aliphatic carbocycles. The van der Waals surface area contributed by atoms with Gasteiger partial charge in [-0.05, 0) is 24.0 Å². The molecule has 0 bridgehead atoms. The highest BCUT2D eigenvalue weighted by molar-refractivity contribution is 7.98. The highest BCUT2D eigenvalue weighted by Crippen LogP contribution is 2.22. The number of aliphatic hydroxyl groups is 2. The fraction of sp³-hybridized carbons (Fsp3) is 0.417. The van der Waals surface area contributed by atoms with Gasteiger partial charge in [-0.2, -0.15) is 0 Å². The number of nitrogens with one attached hydrogen (secondary N) is 1. The number of carbonyl (C=O) groups excluding carboxylic acids is 1. The molecule has 4 nitrogen and oxygen atoms in total. The van der Waals surface area contributed by atoms with Crippen LogP contribution in [0.5, 0.6) is 0 Å². The number of benzene rings is 1. The van der Waals surface area contributed by atoms with Crippen LogP contribution in [0.3, 0.4) is 0 Å². The van der Waals surface area contributed by atoms with Gasteiger partial charge in [0.2, 0.25) is 5.91 Å². The first-order valence-corrected chi connectivity index (χ1v) is 6.51. The van der Waals surface area contributed by atoms with Crippen LogP contribution in [0.4, 0.5) is 0 Å². The molecule has 2 atom stereocenters. The lowest BCUT2D eigenvalue weighted by Gasteiger charge is -2.18. The molecular formula is C12H17NO3S. The molecule has 1 aromatic carbocycles. The maximum Gasteiger partial charge on any atom is 0.216 e. The van der Waals surface area contributed by atoms with Crippen LogP contribution in [0.1, 0.15) is 18.6 Å². The molecule has 0 radical (unpaired) electrons. The summed E-state index contributed by atoms with van der Waals surface area (Å²) in [4.78, 5) is 11.7. The topological polar surface area (TPSA) is 69.6 Å². The first kappa shape index (κ1) is 14.0. The quantitative estimate of drug-likeness (QED) is 0.685. The van der Waals surface area contributed by atoms with E-state index in [1.54, 1.807) is 17.8 Å². The first-order chi connectivity index (χ1) is 8.04. The fourth-order valence-electron chi connectivity index (χ4n) is 1.41. The van der Waals surface area contributed by atoms with Crippen molar-refractivity contribution in [3.8, 4) is 0 Å². The molecule has 0 spiro atoms. The van der Waals surface area contributed by atoms with Crippen LogP contribution in [-0.4, -0.2) is 35.0 Å². The van der Waals surface area contributed by atoms with E-state index in [1.807, 2.05) is 24.5 Å². The third kappa shape index (κ3) is 4.38. The van der Waals surface area contributed by atoms with E-state index >= 15 is 0 Å². The van der Waals surface area contributed by atoms with Crippen LogP contribution in [0.25, 0.3) is 0 Å². The second-order valence-electron chi connectivity index (χ2n) is 3.73. The molecule has 5 heteroatoms. The summed E-state index contributed by atoms with van der Waals surface area (Å²) in [5.74, 6) is -0.228. The number of amides is 1. The fourth-order valence-corrected chi connectivity index (χ4v) is 1.88. The van der Waals surface area contributed by atoms with Gasteiger partial charge >= 0.3 is 0 Å². The van der Waals surface area contributed by atoms with E-state index in [9.17, 15) is 15.0 Å². The smallest absolute Gasteiger partial charge is 0.216 e. The van der Waals surface area contributed by atoms with Crippen LogP contribution in [-0.2, 0) is 4.79 Å². The van der Waals surface area contributed by atoms with E-state index in [0.29, 0.717) is 5.56 Å². The van der Waals surface area contributed by atoms with Crippen molar-refractivity contribution in [1.29, 1.82) is 0 Å². The molecule has 0 aromatic heterocycles. The molecule has 1 rings (SSSR count). The zero-order chi connectivity index (χ0) is 12.8. The summed E-state index contributed by atoms with van der Waals surface area (Å²) < 4.78 is 0. The van der Waals surface area contributed by atoms with Crippen LogP contribution < -0.4 is 5.32 Å². The zero-order valence-electron chi connectivity index (χ0n) is 9.88. The Labute approximate surface area is 105 Å². The van der Waals surface area contributed by atoms with E-state index in [0.717, 1.165) is 4.90 Å². The Morgan fingerprint density at radius 2 is 2.18 bits per heavy atom. The summed E-state index contributed by atoms with van der Waals surface area (Å²) in [5, 5.41) is 22.1. The van der Waals surface area contributed by atoms with Gasteiger partial charge in [0.1, 0.15) is 12.2 Å². The Morgan fingerprint density at radius 3 is 2.76 bits per heavy atom. The Bertz CT molecular complexity index is 384. The number of hydrogen-bond acceptors (Lipinski definition) is 4. The van der Waals surface area contributed by atoms with Gasteiger partial charge in [-0.3, -0.25) is 4.79 Å². The summed E-state index contributed by atoms with van der Waals surface area (Å²) in [6.07, 6.45) is -0.0517. The minimum atomic E-state index is -1.00. The van der Waals surface area contributed by atoms with E-state index in [4.69, 9.17) is 0 Å². The van der Waals surface area contributed by atoms with E-state index in [-0.39, 0.29) is 12.5 Å². The highest BCUT2D eigenvalue weighted by Gasteiger charge is 2.18. The third-order valence-electron chi connectivity index (χ3n) is 2.36. The van der Waals surface area contributed by atoms with Crippen molar-refractivity contribution in [2.45, 2.75) is 24.0 Å². The lowest BCUT2D eigenvalue weighted by Crippen LogP contribution is -2.34. The molecule has 0 fully saturated rings. The Hall–Kier alpha value is -1.04. The largest absolute Gasteiger partial charge is 0.388 e. The average molecular weight is 255 g/mol. The van der Waals surface area contributed by atoms with Gasteiger partial charge in [0.25, 0.3) is 0 Å². The predicted molar refractivity (Wildman–Crippen MR) is 67.9 cm³/mol. The minimum Gasteiger partial charge on any atom is -0.388 e. The second kappa shape index (κ2) is 6.64. The Balaban J connectivity index is 2.66. The van der Waals surface area contributed by atoms with Crippen LogP contribution in [0.15, 0.2) is 29.2 Å². The molecular weight excluding hydrogens is 238 g/mol. The van der Waals surface area contributed by atoms with Gasteiger partial charge in [-0.25, -0.2) is 0 Å². The molecule has 1 aromatic rings. The molecule has 0 saturated carbocycles. The van der Waals surface area contributed by atoms with Crippen molar-refractivity contribution in [1.82, 2.24) is 5.32 Å². The highest BCUT2D eigenvalue weighted by atomic mass is 32.2. The summed E-state index contributed by atoms with van der Waals surface area (Å²) in [6, 6.07) is 7.34. The maximum atomic E-state index is 10.7. The molecule has 17 heavy (non-hydrogen) atoms. The zero-order valence-corrected chi connectivity index (χ0v) is 10.7. The van der Waals surface area contributed by atoms with E-state index in [1.165, 1.54) is 6.92 Å². The summed E-state index contributed by atoms with van der Waals surface area (Å²) >= 11 is 1.57. The van der Waals surface area contributed by atoms with Gasteiger partial charge in [0.05, 0.1) is 0 Å². The average Bonchev–Trinajstić information content (AvgIpc) is 2.35. The lowest BCUT2D eigenvalue weighted by atomic mass is 10.0. The van der Waals surface area contributed by atoms with Gasteiger partial charge in [-0.15, -0.1) is 11.8 Å². The molecule has 0 aliphatic rings. The number of aliphatic hydroxyl groups excluding tert-OH is 2. The molecule has 2 unspecified atom stereocenters. The summed E-state index contributed by atoms with van der Waals surface area (Å²) in [5.41, 5.74) is 0.648. The van der Waals surface area contributed by atoms with E-state index in [2.05, 4.69) is 5.32 Å². The van der Waals surface area contributed by atoms with Crippen LogP contribution >= 0.6 is 11.8 Å². The normalized spacial score (nSPS) is 14.1. The van der Waals surface area contributed by atoms with Gasteiger partial charge in [0, 0.05) is 18.4 Å². The van der Waals surface area contributed by atoms with Crippen molar-refractivity contribution >= 4 is 17.7 Å². The Morgan fingerprint density at radius 1 is 1.47 bits per heavy atom. The third-order valence-corrected chi connectivity index (χ3v) is 3.09. The van der Waals surface area contributed by atoms with Gasteiger partial charge in [0.15, 0.2) is 0 Å². The second-order valence-corrected chi connectivity index (χ2v) is 4.61. The van der Waals surface area contributed by atoms with Crippen molar-refractivity contribution < 1.29 is 15.0 Å². The van der Waals surface area contributed by atoms with Crippen molar-refractivity contribution in [2.24, 2.45) is 0 Å². The minimum absolute atomic E-state index is 0.0417. The predicted octanol–water partition coefficient (Wildman–Crippen LogP) is 0.939. The number of thioether (sulfide) groups is 1. The van der Waals surface area contributed by atoms with Gasteiger partial charge < -0.3 is 15.5 Å². The molecule has 0 saturated heterocycles. The van der Waals surface area contributed by atoms with Gasteiger partial charge in [-0.1, -0.05) is 12.1 Å². The SMILES string of the molecule is CSc1cccc(C(O)C(O)CNC(C)=O)c1. The number of carbonyl (C=O) groups is 1.